The molecule has 1 aromatic carbocycles. The summed E-state index contributed by atoms with van der Waals surface area (Å²) in [4.78, 5) is 10.3. The van der Waals surface area contributed by atoms with Crippen LogP contribution in [0.15, 0.2) is 18.2 Å². The van der Waals surface area contributed by atoms with Gasteiger partial charge in [-0.15, -0.1) is 0 Å². The second-order valence-electron chi connectivity index (χ2n) is 3.47. The van der Waals surface area contributed by atoms with E-state index in [1.165, 1.54) is 0 Å². The van der Waals surface area contributed by atoms with E-state index < -0.39 is 0 Å². The molecule has 1 aromatic rings. The second-order valence-corrected chi connectivity index (χ2v) is 3.47. The molecule has 1 aliphatic carbocycles. The Morgan fingerprint density at radius 3 is 2.85 bits per heavy atom. The molecule has 1 nitrogen and oxygen atoms in total. The molecule has 0 spiro atoms. The van der Waals surface area contributed by atoms with Crippen LogP contribution in [0.4, 0.5) is 4.39 Å². The maximum atomic E-state index is 13.6. The number of rotatable bonds is 3. The summed E-state index contributed by atoms with van der Waals surface area (Å²) in [5, 5.41) is 0. The molecule has 2 heteroatoms. The standard InChI is InChI=1S/C11H11FO/c12-11-9(6-7-13)2-1-3-10(11)8-4-5-8/h1-3,7-8H,4-6H2. The first-order valence-electron chi connectivity index (χ1n) is 4.54. The highest BCUT2D eigenvalue weighted by Gasteiger charge is 2.26. The van der Waals surface area contributed by atoms with Crippen LogP contribution in [-0.2, 0) is 11.2 Å². The fourth-order valence-corrected chi connectivity index (χ4v) is 1.56. The molecule has 0 atom stereocenters. The first-order valence-corrected chi connectivity index (χ1v) is 4.54. The summed E-state index contributed by atoms with van der Waals surface area (Å²) in [6, 6.07) is 5.33. The summed E-state index contributed by atoms with van der Waals surface area (Å²) in [7, 11) is 0. The first kappa shape index (κ1) is 8.42. The van der Waals surface area contributed by atoms with Crippen molar-refractivity contribution in [2.75, 3.05) is 0 Å². The topological polar surface area (TPSA) is 17.1 Å². The summed E-state index contributed by atoms with van der Waals surface area (Å²) in [6.45, 7) is 0. The summed E-state index contributed by atoms with van der Waals surface area (Å²) >= 11 is 0. The van der Waals surface area contributed by atoms with E-state index in [9.17, 15) is 9.18 Å². The highest BCUT2D eigenvalue weighted by Crippen LogP contribution is 2.41. The normalized spacial score (nSPS) is 15.8. The van der Waals surface area contributed by atoms with Crippen LogP contribution in [0, 0.1) is 5.82 Å². The molecular formula is C11H11FO. The third-order valence-corrected chi connectivity index (χ3v) is 2.43. The van der Waals surface area contributed by atoms with Gasteiger partial charge in [0.1, 0.15) is 12.1 Å². The van der Waals surface area contributed by atoms with E-state index in [0.29, 0.717) is 11.5 Å². The number of hydrogen-bond donors (Lipinski definition) is 0. The van der Waals surface area contributed by atoms with Gasteiger partial charge in [-0.3, -0.25) is 0 Å². The van der Waals surface area contributed by atoms with Crippen LogP contribution in [0.2, 0.25) is 0 Å². The van der Waals surface area contributed by atoms with Crippen molar-refractivity contribution >= 4 is 6.29 Å². The molecule has 2 rings (SSSR count). The van der Waals surface area contributed by atoms with Gasteiger partial charge >= 0.3 is 0 Å². The van der Waals surface area contributed by atoms with Gasteiger partial charge in [0.2, 0.25) is 0 Å². The molecule has 1 fully saturated rings. The molecule has 68 valence electrons. The lowest BCUT2D eigenvalue weighted by molar-refractivity contribution is -0.107. The number of aldehydes is 1. The van der Waals surface area contributed by atoms with Gasteiger partial charge in [-0.1, -0.05) is 18.2 Å². The minimum absolute atomic E-state index is 0.169. The molecule has 0 radical (unpaired) electrons. The Hall–Kier alpha value is -1.18. The van der Waals surface area contributed by atoms with Crippen LogP contribution in [0.5, 0.6) is 0 Å². The zero-order chi connectivity index (χ0) is 9.26. The van der Waals surface area contributed by atoms with Gasteiger partial charge in [0.25, 0.3) is 0 Å². The predicted molar refractivity (Wildman–Crippen MR) is 48.1 cm³/mol. The first-order chi connectivity index (χ1) is 6.33. The molecule has 0 aromatic heterocycles. The number of carbonyl (C=O) groups is 1. The molecule has 1 aliphatic rings. The van der Waals surface area contributed by atoms with Gasteiger partial charge in [-0.25, -0.2) is 4.39 Å². The minimum atomic E-state index is -0.169. The molecule has 0 N–H and O–H groups in total. The summed E-state index contributed by atoms with van der Waals surface area (Å²) in [5.74, 6) is 0.240. The van der Waals surface area contributed by atoms with Crippen molar-refractivity contribution in [1.29, 1.82) is 0 Å². The predicted octanol–water partition coefficient (Wildman–Crippen LogP) is 2.44. The van der Waals surface area contributed by atoms with E-state index in [1.54, 1.807) is 6.07 Å². The Morgan fingerprint density at radius 2 is 2.23 bits per heavy atom. The lowest BCUT2D eigenvalue weighted by Crippen LogP contribution is -1.95. The van der Waals surface area contributed by atoms with Gasteiger partial charge in [-0.05, 0) is 29.9 Å². The molecular weight excluding hydrogens is 167 g/mol. The molecule has 0 bridgehead atoms. The summed E-state index contributed by atoms with van der Waals surface area (Å²) < 4.78 is 13.6. The maximum Gasteiger partial charge on any atom is 0.130 e. The number of halogens is 1. The van der Waals surface area contributed by atoms with Gasteiger partial charge in [-0.2, -0.15) is 0 Å². The zero-order valence-corrected chi connectivity index (χ0v) is 7.29. The van der Waals surface area contributed by atoms with Crippen LogP contribution >= 0.6 is 0 Å². The molecule has 0 heterocycles. The van der Waals surface area contributed by atoms with Crippen molar-refractivity contribution in [2.24, 2.45) is 0 Å². The van der Waals surface area contributed by atoms with E-state index in [0.717, 1.165) is 24.7 Å². The smallest absolute Gasteiger partial charge is 0.130 e. The van der Waals surface area contributed by atoms with Gasteiger partial charge < -0.3 is 4.79 Å². The SMILES string of the molecule is O=CCc1cccc(C2CC2)c1F. The van der Waals surface area contributed by atoms with Crippen molar-refractivity contribution in [1.82, 2.24) is 0 Å². The Balaban J connectivity index is 2.35. The summed E-state index contributed by atoms with van der Waals surface area (Å²) in [6.07, 6.45) is 3.10. The molecule has 13 heavy (non-hydrogen) atoms. The van der Waals surface area contributed by atoms with E-state index in [1.807, 2.05) is 12.1 Å². The van der Waals surface area contributed by atoms with Crippen molar-refractivity contribution in [3.63, 3.8) is 0 Å². The molecule has 0 saturated heterocycles. The van der Waals surface area contributed by atoms with Crippen molar-refractivity contribution in [2.45, 2.75) is 25.2 Å². The Labute approximate surface area is 76.6 Å². The van der Waals surface area contributed by atoms with Crippen molar-refractivity contribution in [3.05, 3.63) is 35.1 Å². The average molecular weight is 178 g/mol. The second kappa shape index (κ2) is 3.29. The molecule has 0 aliphatic heterocycles. The van der Waals surface area contributed by atoms with Crippen LogP contribution in [-0.4, -0.2) is 6.29 Å². The van der Waals surface area contributed by atoms with Gasteiger partial charge in [0.15, 0.2) is 0 Å². The Kier molecular flexibility index (Phi) is 2.13. The third kappa shape index (κ3) is 1.62. The fourth-order valence-electron chi connectivity index (χ4n) is 1.56. The Morgan fingerprint density at radius 1 is 1.46 bits per heavy atom. The van der Waals surface area contributed by atoms with E-state index in [2.05, 4.69) is 0 Å². The summed E-state index contributed by atoms with van der Waals surface area (Å²) in [5.41, 5.74) is 1.32. The third-order valence-electron chi connectivity index (χ3n) is 2.43. The van der Waals surface area contributed by atoms with Gasteiger partial charge in [0, 0.05) is 6.42 Å². The number of benzene rings is 1. The Bertz CT molecular complexity index is 329. The minimum Gasteiger partial charge on any atom is -0.303 e. The molecule has 0 amide bonds. The van der Waals surface area contributed by atoms with E-state index in [4.69, 9.17) is 0 Å². The fraction of sp³-hybridized carbons (Fsp3) is 0.364. The lowest BCUT2D eigenvalue weighted by atomic mass is 10.0. The van der Waals surface area contributed by atoms with E-state index >= 15 is 0 Å². The van der Waals surface area contributed by atoms with Gasteiger partial charge in [0.05, 0.1) is 0 Å². The quantitative estimate of drug-likeness (QED) is 0.650. The van der Waals surface area contributed by atoms with Crippen molar-refractivity contribution in [3.8, 4) is 0 Å². The maximum absolute atomic E-state index is 13.6. The zero-order valence-electron chi connectivity index (χ0n) is 7.29. The average Bonchev–Trinajstić information content (AvgIpc) is 2.92. The highest BCUT2D eigenvalue weighted by molar-refractivity contribution is 5.55. The lowest BCUT2D eigenvalue weighted by Gasteiger charge is -2.04. The number of hydrogen-bond acceptors (Lipinski definition) is 1. The van der Waals surface area contributed by atoms with E-state index in [-0.39, 0.29) is 12.2 Å². The van der Waals surface area contributed by atoms with Crippen LogP contribution < -0.4 is 0 Å². The van der Waals surface area contributed by atoms with Crippen LogP contribution in [0.1, 0.15) is 29.9 Å². The monoisotopic (exact) mass is 178 g/mol. The molecule has 1 saturated carbocycles. The number of carbonyl (C=O) groups excluding carboxylic acids is 1. The van der Waals surface area contributed by atoms with Crippen LogP contribution in [0.3, 0.4) is 0 Å². The highest BCUT2D eigenvalue weighted by atomic mass is 19.1. The van der Waals surface area contributed by atoms with Crippen LogP contribution in [0.25, 0.3) is 0 Å². The van der Waals surface area contributed by atoms with Crippen molar-refractivity contribution < 1.29 is 9.18 Å². The molecule has 0 unspecified atom stereocenters. The largest absolute Gasteiger partial charge is 0.303 e.